The van der Waals surface area contributed by atoms with E-state index in [1.807, 2.05) is 0 Å². The lowest BCUT2D eigenvalue weighted by Crippen LogP contribution is -2.52. The normalized spacial score (nSPS) is 25.0. The molecular formula is C22H34O2Si. The van der Waals surface area contributed by atoms with Gasteiger partial charge in [0.25, 0.3) is 0 Å². The molecule has 0 aliphatic carbocycles. The second kappa shape index (κ2) is 8.08. The maximum absolute atomic E-state index is 6.77. The average molecular weight is 359 g/mol. The van der Waals surface area contributed by atoms with Crippen molar-refractivity contribution in [1.29, 1.82) is 0 Å². The van der Waals surface area contributed by atoms with Gasteiger partial charge in [0, 0.05) is 6.42 Å². The third-order valence-corrected chi connectivity index (χ3v) is 5.94. The summed E-state index contributed by atoms with van der Waals surface area (Å²) in [6.07, 6.45) is 5.27. The Balaban J connectivity index is 2.30. The lowest BCUT2D eigenvalue weighted by molar-refractivity contribution is 0.0309. The van der Waals surface area contributed by atoms with E-state index in [-0.39, 0.29) is 11.7 Å². The second-order valence-electron chi connectivity index (χ2n) is 8.30. The molecule has 0 N–H and O–H groups in total. The molecule has 0 saturated carbocycles. The summed E-state index contributed by atoms with van der Waals surface area (Å²) in [6, 6.07) is 10.6. The highest BCUT2D eigenvalue weighted by Gasteiger charge is 2.64. The first-order chi connectivity index (χ1) is 11.7. The van der Waals surface area contributed by atoms with Gasteiger partial charge in [0.05, 0.1) is 6.10 Å². The Labute approximate surface area is 155 Å². The molecule has 1 unspecified atom stereocenters. The molecule has 2 rings (SSSR count). The molecule has 25 heavy (non-hydrogen) atoms. The van der Waals surface area contributed by atoms with Gasteiger partial charge in [-0.05, 0) is 58.3 Å². The minimum atomic E-state index is -1.78. The molecule has 3 atom stereocenters. The first kappa shape index (κ1) is 20.2. The molecule has 1 aromatic rings. The molecule has 3 heteroatoms. The first-order valence-corrected chi connectivity index (χ1v) is 13.1. The number of epoxide rings is 1. The molecule has 1 aliphatic heterocycles. The van der Waals surface area contributed by atoms with Crippen molar-refractivity contribution in [3.63, 3.8) is 0 Å². The third kappa shape index (κ3) is 5.20. The highest BCUT2D eigenvalue weighted by atomic mass is 28.4. The second-order valence-corrected chi connectivity index (χ2v) is 12.7. The highest BCUT2D eigenvalue weighted by molar-refractivity contribution is 6.69. The number of unbranched alkanes of at least 4 members (excludes halogenated alkanes) is 2. The minimum absolute atomic E-state index is 0.195. The van der Waals surface area contributed by atoms with E-state index in [9.17, 15) is 0 Å². The van der Waals surface area contributed by atoms with Gasteiger partial charge in [-0.15, -0.1) is 5.92 Å². The molecular weight excluding hydrogens is 324 g/mol. The molecule has 1 aliphatic rings. The van der Waals surface area contributed by atoms with Crippen molar-refractivity contribution in [1.82, 2.24) is 0 Å². The lowest BCUT2D eigenvalue weighted by atomic mass is 9.81. The van der Waals surface area contributed by atoms with Gasteiger partial charge in [-0.3, -0.25) is 0 Å². The minimum Gasteiger partial charge on any atom is -0.399 e. The van der Waals surface area contributed by atoms with Crippen LogP contribution in [0.25, 0.3) is 0 Å². The lowest BCUT2D eigenvalue weighted by Gasteiger charge is -2.39. The summed E-state index contributed by atoms with van der Waals surface area (Å²) in [6.45, 7) is 13.3. The van der Waals surface area contributed by atoms with Gasteiger partial charge >= 0.3 is 0 Å². The third-order valence-electron chi connectivity index (χ3n) is 4.98. The molecule has 0 spiro atoms. The zero-order valence-electron chi connectivity index (χ0n) is 16.8. The van der Waals surface area contributed by atoms with Crippen molar-refractivity contribution in [2.75, 3.05) is 0 Å². The topological polar surface area (TPSA) is 21.8 Å². The number of hydrogen-bond donors (Lipinski definition) is 0. The van der Waals surface area contributed by atoms with E-state index in [2.05, 4.69) is 82.6 Å². The molecule has 1 aromatic carbocycles. The van der Waals surface area contributed by atoms with Crippen LogP contribution in [0.4, 0.5) is 0 Å². The maximum atomic E-state index is 6.77. The predicted molar refractivity (Wildman–Crippen MR) is 108 cm³/mol. The van der Waals surface area contributed by atoms with Crippen molar-refractivity contribution in [2.45, 2.75) is 89.8 Å². The number of benzene rings is 1. The van der Waals surface area contributed by atoms with Crippen LogP contribution < -0.4 is 0 Å². The standard InChI is InChI=1S/C22H34O2Si/c1-7-8-9-13-17-22(24-25(4,5)6,21(3)19(2)23-21)18-16-20-14-11-10-12-15-20/h10-12,14-15,19H,7-9,16,18H2,1-6H3/t19-,21+,22?/m1/s1. The van der Waals surface area contributed by atoms with Gasteiger partial charge in [0.15, 0.2) is 8.32 Å². The van der Waals surface area contributed by atoms with Crippen LogP contribution >= 0.6 is 0 Å². The van der Waals surface area contributed by atoms with E-state index in [0.717, 1.165) is 25.7 Å². The summed E-state index contributed by atoms with van der Waals surface area (Å²) in [4.78, 5) is 0. The summed E-state index contributed by atoms with van der Waals surface area (Å²) in [5.74, 6) is 6.99. The molecule has 0 amide bonds. The maximum Gasteiger partial charge on any atom is 0.185 e. The smallest absolute Gasteiger partial charge is 0.185 e. The SMILES string of the molecule is CCCCC#CC(CCc1ccccc1)(O[Si](C)(C)C)[C@@]1(C)O[C@@H]1C. The van der Waals surface area contributed by atoms with Crippen LogP contribution in [-0.2, 0) is 15.6 Å². The summed E-state index contributed by atoms with van der Waals surface area (Å²) < 4.78 is 12.8. The number of aryl methyl sites for hydroxylation is 1. The molecule has 1 fully saturated rings. The van der Waals surface area contributed by atoms with Gasteiger partial charge in [0.1, 0.15) is 11.2 Å². The van der Waals surface area contributed by atoms with Crippen molar-refractivity contribution >= 4 is 8.32 Å². The predicted octanol–water partition coefficient (Wildman–Crippen LogP) is 5.58. The Morgan fingerprint density at radius 1 is 1.24 bits per heavy atom. The Kier molecular flexibility index (Phi) is 6.54. The first-order valence-electron chi connectivity index (χ1n) is 9.64. The van der Waals surface area contributed by atoms with Crippen molar-refractivity contribution in [2.24, 2.45) is 0 Å². The quantitative estimate of drug-likeness (QED) is 0.262. The van der Waals surface area contributed by atoms with Crippen LogP contribution in [0, 0.1) is 11.8 Å². The van der Waals surface area contributed by atoms with E-state index < -0.39 is 13.9 Å². The summed E-state index contributed by atoms with van der Waals surface area (Å²) in [5, 5.41) is 0. The monoisotopic (exact) mass is 358 g/mol. The van der Waals surface area contributed by atoms with E-state index in [1.165, 1.54) is 12.0 Å². The van der Waals surface area contributed by atoms with Crippen LogP contribution in [-0.4, -0.2) is 25.6 Å². The zero-order chi connectivity index (χ0) is 18.6. The van der Waals surface area contributed by atoms with Gasteiger partial charge in [-0.25, -0.2) is 0 Å². The summed E-state index contributed by atoms with van der Waals surface area (Å²) in [5.41, 5.74) is 0.514. The van der Waals surface area contributed by atoms with Crippen LogP contribution in [0.5, 0.6) is 0 Å². The fraction of sp³-hybridized carbons (Fsp3) is 0.636. The van der Waals surface area contributed by atoms with Crippen LogP contribution in [0.2, 0.25) is 19.6 Å². The molecule has 1 heterocycles. The summed E-state index contributed by atoms with van der Waals surface area (Å²) >= 11 is 0. The number of rotatable bonds is 8. The van der Waals surface area contributed by atoms with Crippen LogP contribution in [0.3, 0.4) is 0 Å². The zero-order valence-corrected chi connectivity index (χ0v) is 17.8. The van der Waals surface area contributed by atoms with Gasteiger partial charge in [-0.2, -0.15) is 0 Å². The molecule has 138 valence electrons. The van der Waals surface area contributed by atoms with Crippen molar-refractivity contribution in [3.8, 4) is 11.8 Å². The number of hydrogen-bond acceptors (Lipinski definition) is 2. The summed E-state index contributed by atoms with van der Waals surface area (Å²) in [7, 11) is -1.78. The highest BCUT2D eigenvalue weighted by Crippen LogP contribution is 2.50. The van der Waals surface area contributed by atoms with Crippen LogP contribution in [0.1, 0.15) is 52.0 Å². The van der Waals surface area contributed by atoms with E-state index >= 15 is 0 Å². The molecule has 0 radical (unpaired) electrons. The van der Waals surface area contributed by atoms with E-state index in [1.54, 1.807) is 0 Å². The Bertz CT molecular complexity index is 610. The fourth-order valence-corrected chi connectivity index (χ4v) is 4.73. The van der Waals surface area contributed by atoms with Crippen molar-refractivity contribution in [3.05, 3.63) is 35.9 Å². The van der Waals surface area contributed by atoms with E-state index in [0.29, 0.717) is 0 Å². The van der Waals surface area contributed by atoms with Crippen LogP contribution in [0.15, 0.2) is 30.3 Å². The van der Waals surface area contributed by atoms with Gasteiger partial charge in [-0.1, -0.05) is 49.6 Å². The Hall–Kier alpha value is -1.08. The molecule has 0 bridgehead atoms. The Morgan fingerprint density at radius 3 is 2.40 bits per heavy atom. The van der Waals surface area contributed by atoms with Crippen molar-refractivity contribution < 1.29 is 9.16 Å². The fourth-order valence-electron chi connectivity index (χ4n) is 3.33. The largest absolute Gasteiger partial charge is 0.399 e. The average Bonchev–Trinajstić information content (AvgIpc) is 3.17. The van der Waals surface area contributed by atoms with Gasteiger partial charge < -0.3 is 9.16 Å². The Morgan fingerprint density at radius 2 is 1.88 bits per heavy atom. The molecule has 0 aromatic heterocycles. The van der Waals surface area contributed by atoms with E-state index in [4.69, 9.17) is 9.16 Å². The molecule has 1 saturated heterocycles. The number of ether oxygens (including phenoxy) is 1. The molecule has 2 nitrogen and oxygen atoms in total. The van der Waals surface area contributed by atoms with Gasteiger partial charge in [0.2, 0.25) is 0 Å².